The van der Waals surface area contributed by atoms with E-state index in [1.807, 2.05) is 34.6 Å². The van der Waals surface area contributed by atoms with E-state index in [-0.39, 0.29) is 30.8 Å². The maximum atomic E-state index is 12.5. The lowest BCUT2D eigenvalue weighted by atomic mass is 10.1. The van der Waals surface area contributed by atoms with Gasteiger partial charge in [-0.15, -0.1) is 0 Å². The highest BCUT2D eigenvalue weighted by molar-refractivity contribution is 7.51. The Morgan fingerprint density at radius 2 is 1.69 bits per heavy atom. The molecule has 0 aliphatic heterocycles. The summed E-state index contributed by atoms with van der Waals surface area (Å²) in [6.45, 7) is 13.2. The van der Waals surface area contributed by atoms with E-state index in [9.17, 15) is 19.2 Å². The maximum Gasteiger partial charge on any atom is 0.407 e. The maximum absolute atomic E-state index is 12.5. The van der Waals surface area contributed by atoms with Crippen LogP contribution in [0.3, 0.4) is 0 Å². The topological polar surface area (TPSA) is 147 Å². The number of nitrogens with zero attached hydrogens (tertiary/aromatic N) is 1. The Hall–Kier alpha value is -2.26. The van der Waals surface area contributed by atoms with Gasteiger partial charge in [0.05, 0.1) is 20.7 Å². The fraction of sp³-hybridized carbons (Fsp3) is 0.783. The Bertz CT molecular complexity index is 724. The summed E-state index contributed by atoms with van der Waals surface area (Å²) in [4.78, 5) is 52.5. The van der Waals surface area contributed by atoms with E-state index in [2.05, 4.69) is 26.3 Å². The van der Waals surface area contributed by atoms with Crippen LogP contribution in [0, 0.1) is 0 Å². The number of hydrogen-bond acceptors (Lipinski definition) is 8. The third kappa shape index (κ3) is 16.9. The predicted octanol–water partition coefficient (Wildman–Crippen LogP) is 1.94. The number of hydrogen-bond donors (Lipinski definition) is 4. The number of aliphatic imine (C=N–C) groups is 1. The highest BCUT2D eigenvalue weighted by Gasteiger charge is 2.24. The molecule has 11 nitrogen and oxygen atoms in total. The second-order valence-electron chi connectivity index (χ2n) is 9.34. The van der Waals surface area contributed by atoms with E-state index < -0.39 is 37.8 Å². The molecule has 0 aromatic carbocycles. The molecule has 0 radical (unpaired) electrons. The second-order valence-corrected chi connectivity index (χ2v) is 11.1. The zero-order valence-corrected chi connectivity index (χ0v) is 23.3. The molecule has 0 aliphatic rings. The van der Waals surface area contributed by atoms with Gasteiger partial charge in [0, 0.05) is 13.1 Å². The monoisotopic (exact) mass is 517 g/mol. The number of carbonyl (C=O) groups excluding carboxylic acids is 4. The van der Waals surface area contributed by atoms with Crippen LogP contribution in [-0.2, 0) is 23.6 Å². The standard InChI is InChI=1S/C23H44N5O6P/c1-9-11-17(20(24-6)21(31)26-15-19(30)34-35(7)8)28-18(29)14-25-13-10-12-16(2)27-22(32)33-23(3,4)5/h16-17,25H,9-15H2,1-8H3,(H,26,31)(H,27,32)(H,28,29). The first-order valence-electron chi connectivity index (χ1n) is 11.9. The third-order valence-corrected chi connectivity index (χ3v) is 5.00. The number of carbonyl (C=O) groups is 4. The SMILES string of the molecule is CCCC(NC(=O)CNCCCC(C)NC(=O)OC(C)(C)C)C(=NC)C(=O)NCC(=O)OP(C)C. The van der Waals surface area contributed by atoms with Crippen LogP contribution in [0.25, 0.3) is 0 Å². The van der Waals surface area contributed by atoms with Crippen molar-refractivity contribution in [2.24, 2.45) is 4.99 Å². The van der Waals surface area contributed by atoms with Gasteiger partial charge in [-0.05, 0) is 66.8 Å². The molecule has 0 aliphatic carbocycles. The highest BCUT2D eigenvalue weighted by Crippen LogP contribution is 2.25. The molecule has 0 fully saturated rings. The first-order valence-corrected chi connectivity index (χ1v) is 14.1. The van der Waals surface area contributed by atoms with Gasteiger partial charge in [-0.25, -0.2) is 9.59 Å². The van der Waals surface area contributed by atoms with Gasteiger partial charge in [0.1, 0.15) is 17.9 Å². The van der Waals surface area contributed by atoms with Crippen molar-refractivity contribution in [1.82, 2.24) is 21.3 Å². The zero-order valence-electron chi connectivity index (χ0n) is 22.4. The lowest BCUT2D eigenvalue weighted by Crippen LogP contribution is -2.50. The summed E-state index contributed by atoms with van der Waals surface area (Å²) in [5.74, 6) is -1.29. The van der Waals surface area contributed by atoms with Gasteiger partial charge in [0.25, 0.3) is 5.91 Å². The molecule has 0 rings (SSSR count). The van der Waals surface area contributed by atoms with Crippen LogP contribution < -0.4 is 21.3 Å². The molecule has 0 heterocycles. The lowest BCUT2D eigenvalue weighted by Gasteiger charge is -2.22. The van der Waals surface area contributed by atoms with Gasteiger partial charge in [-0.3, -0.25) is 14.6 Å². The molecule has 4 N–H and O–H groups in total. The number of ether oxygens (including phenoxy) is 1. The van der Waals surface area contributed by atoms with Gasteiger partial charge in [-0.2, -0.15) is 0 Å². The molecule has 12 heteroatoms. The molecule has 0 spiro atoms. The molecule has 0 saturated heterocycles. The Balaban J connectivity index is 4.48. The van der Waals surface area contributed by atoms with Crippen LogP contribution in [0.15, 0.2) is 4.99 Å². The normalized spacial score (nSPS) is 13.6. The molecule has 2 atom stereocenters. The van der Waals surface area contributed by atoms with E-state index in [0.29, 0.717) is 13.0 Å². The highest BCUT2D eigenvalue weighted by atomic mass is 31.1. The second kappa shape index (κ2) is 17.2. The van der Waals surface area contributed by atoms with E-state index in [1.54, 1.807) is 13.3 Å². The van der Waals surface area contributed by atoms with Crippen molar-refractivity contribution in [3.05, 3.63) is 0 Å². The summed E-state index contributed by atoms with van der Waals surface area (Å²) in [6.07, 6.45) is 2.28. The summed E-state index contributed by atoms with van der Waals surface area (Å²) >= 11 is 0. The Labute approximate surface area is 210 Å². The summed E-state index contributed by atoms with van der Waals surface area (Å²) in [6, 6.07) is -0.627. The van der Waals surface area contributed by atoms with Gasteiger partial charge < -0.3 is 30.5 Å². The van der Waals surface area contributed by atoms with E-state index in [4.69, 9.17) is 9.26 Å². The minimum absolute atomic E-state index is 0.0600. The molecular weight excluding hydrogens is 473 g/mol. The number of rotatable bonds is 15. The average Bonchev–Trinajstić information content (AvgIpc) is 2.70. The van der Waals surface area contributed by atoms with E-state index in [0.717, 1.165) is 19.3 Å². The quantitative estimate of drug-likeness (QED) is 0.147. The van der Waals surface area contributed by atoms with Gasteiger partial charge in [0.2, 0.25) is 5.91 Å². The first-order chi connectivity index (χ1) is 16.3. The van der Waals surface area contributed by atoms with E-state index in [1.165, 1.54) is 7.05 Å². The van der Waals surface area contributed by atoms with Crippen LogP contribution in [0.4, 0.5) is 4.79 Å². The molecule has 0 aromatic rings. The van der Waals surface area contributed by atoms with Crippen molar-refractivity contribution >= 4 is 37.7 Å². The molecule has 0 bridgehead atoms. The van der Waals surface area contributed by atoms with Crippen LogP contribution >= 0.6 is 8.15 Å². The molecular formula is C23H44N5O6P. The number of alkyl carbamates (subject to hydrolysis) is 1. The number of nitrogens with one attached hydrogen (secondary N) is 4. The minimum Gasteiger partial charge on any atom is -0.444 e. The van der Waals surface area contributed by atoms with Crippen LogP contribution in [-0.4, -0.2) is 87.3 Å². The van der Waals surface area contributed by atoms with Crippen molar-refractivity contribution in [2.75, 3.05) is 40.0 Å². The predicted molar refractivity (Wildman–Crippen MR) is 139 cm³/mol. The summed E-state index contributed by atoms with van der Waals surface area (Å²) in [5, 5.41) is 11.2. The molecule has 0 aromatic heterocycles. The average molecular weight is 518 g/mol. The molecule has 2 unspecified atom stereocenters. The number of amides is 3. The Morgan fingerprint density at radius 3 is 2.23 bits per heavy atom. The summed E-state index contributed by atoms with van der Waals surface area (Å²) in [7, 11) is 0.615. The minimum atomic E-state index is -0.861. The zero-order chi connectivity index (χ0) is 27.0. The van der Waals surface area contributed by atoms with Crippen molar-refractivity contribution in [2.45, 2.75) is 78.0 Å². The van der Waals surface area contributed by atoms with Crippen LogP contribution in [0.1, 0.15) is 60.3 Å². The van der Waals surface area contributed by atoms with Gasteiger partial charge >= 0.3 is 12.1 Å². The Morgan fingerprint density at radius 1 is 1.03 bits per heavy atom. The first kappa shape index (κ1) is 32.7. The molecule has 3 amide bonds. The fourth-order valence-electron chi connectivity index (χ4n) is 3.02. The van der Waals surface area contributed by atoms with Gasteiger partial charge in [0.15, 0.2) is 0 Å². The largest absolute Gasteiger partial charge is 0.444 e. The molecule has 202 valence electrons. The van der Waals surface area contributed by atoms with Crippen molar-refractivity contribution in [1.29, 1.82) is 0 Å². The van der Waals surface area contributed by atoms with Crippen molar-refractivity contribution < 1.29 is 28.4 Å². The summed E-state index contributed by atoms with van der Waals surface area (Å²) < 4.78 is 10.3. The smallest absolute Gasteiger partial charge is 0.407 e. The summed E-state index contributed by atoms with van der Waals surface area (Å²) in [5.41, 5.74) is -0.386. The van der Waals surface area contributed by atoms with Gasteiger partial charge in [-0.1, -0.05) is 13.3 Å². The van der Waals surface area contributed by atoms with Crippen LogP contribution in [0.5, 0.6) is 0 Å². The molecule has 35 heavy (non-hydrogen) atoms. The third-order valence-electron chi connectivity index (χ3n) is 4.43. The molecule has 0 saturated carbocycles. The Kier molecular flexibility index (Phi) is 16.1. The van der Waals surface area contributed by atoms with Crippen molar-refractivity contribution in [3.63, 3.8) is 0 Å². The van der Waals surface area contributed by atoms with Crippen LogP contribution in [0.2, 0.25) is 0 Å². The lowest BCUT2D eigenvalue weighted by molar-refractivity contribution is -0.134. The van der Waals surface area contributed by atoms with Crippen molar-refractivity contribution in [3.8, 4) is 0 Å². The van der Waals surface area contributed by atoms with E-state index >= 15 is 0 Å². The fourth-order valence-corrected chi connectivity index (χ4v) is 3.49.